The van der Waals surface area contributed by atoms with Gasteiger partial charge in [-0.15, -0.1) is 0 Å². The van der Waals surface area contributed by atoms with Gasteiger partial charge in [0.25, 0.3) is 0 Å². The van der Waals surface area contributed by atoms with Gasteiger partial charge in [-0.25, -0.2) is 4.79 Å². The SMILES string of the molecule is O=C(O)OC[C@H]1[C@@H](CO)[C@H]2CC[C@@H]1O2. The molecule has 0 aliphatic carbocycles. The lowest BCUT2D eigenvalue weighted by atomic mass is 9.80. The van der Waals surface area contributed by atoms with Gasteiger partial charge >= 0.3 is 6.16 Å². The fourth-order valence-electron chi connectivity index (χ4n) is 2.52. The number of carbonyl (C=O) groups is 1. The number of fused-ring (bicyclic) bond motifs is 2. The van der Waals surface area contributed by atoms with Crippen molar-refractivity contribution in [3.05, 3.63) is 0 Å². The monoisotopic (exact) mass is 202 g/mol. The van der Waals surface area contributed by atoms with Crippen LogP contribution in [0.5, 0.6) is 0 Å². The van der Waals surface area contributed by atoms with Crippen molar-refractivity contribution in [1.82, 2.24) is 0 Å². The Morgan fingerprint density at radius 3 is 2.57 bits per heavy atom. The van der Waals surface area contributed by atoms with Gasteiger partial charge in [0, 0.05) is 18.4 Å². The fourth-order valence-corrected chi connectivity index (χ4v) is 2.52. The molecule has 0 aromatic heterocycles. The molecule has 2 aliphatic rings. The van der Waals surface area contributed by atoms with E-state index in [2.05, 4.69) is 4.74 Å². The lowest BCUT2D eigenvalue weighted by molar-refractivity contribution is 0.0462. The van der Waals surface area contributed by atoms with Gasteiger partial charge < -0.3 is 19.7 Å². The first kappa shape index (κ1) is 9.73. The van der Waals surface area contributed by atoms with Gasteiger partial charge in [-0.05, 0) is 12.8 Å². The molecule has 2 bridgehead atoms. The highest BCUT2D eigenvalue weighted by molar-refractivity contribution is 5.56. The summed E-state index contributed by atoms with van der Waals surface area (Å²) in [5.74, 6) is 0.0861. The largest absolute Gasteiger partial charge is 0.505 e. The van der Waals surface area contributed by atoms with Gasteiger partial charge in [0.2, 0.25) is 0 Å². The normalized spacial score (nSPS) is 40.1. The molecule has 2 N–H and O–H groups in total. The first-order valence-corrected chi connectivity index (χ1v) is 4.84. The first-order valence-electron chi connectivity index (χ1n) is 4.84. The van der Waals surface area contributed by atoms with E-state index in [-0.39, 0.29) is 37.3 Å². The molecule has 5 heteroatoms. The topological polar surface area (TPSA) is 76.0 Å². The number of aliphatic hydroxyl groups excluding tert-OH is 1. The van der Waals surface area contributed by atoms with E-state index >= 15 is 0 Å². The zero-order chi connectivity index (χ0) is 10.1. The Labute approximate surface area is 81.6 Å². The van der Waals surface area contributed by atoms with E-state index in [0.717, 1.165) is 12.8 Å². The van der Waals surface area contributed by atoms with Crippen LogP contribution in [0.4, 0.5) is 4.79 Å². The maximum Gasteiger partial charge on any atom is 0.505 e. The third kappa shape index (κ3) is 1.57. The number of hydrogen-bond acceptors (Lipinski definition) is 4. The lowest BCUT2D eigenvalue weighted by Gasteiger charge is -2.25. The Balaban J connectivity index is 1.93. The van der Waals surface area contributed by atoms with E-state index < -0.39 is 6.16 Å². The van der Waals surface area contributed by atoms with Crippen LogP contribution < -0.4 is 0 Å². The van der Waals surface area contributed by atoms with E-state index in [0.29, 0.717) is 0 Å². The summed E-state index contributed by atoms with van der Waals surface area (Å²) in [4.78, 5) is 10.2. The second-order valence-corrected chi connectivity index (χ2v) is 3.88. The molecule has 0 unspecified atom stereocenters. The number of aliphatic hydroxyl groups is 1. The maximum absolute atomic E-state index is 10.2. The van der Waals surface area contributed by atoms with Crippen molar-refractivity contribution in [3.8, 4) is 0 Å². The van der Waals surface area contributed by atoms with Crippen LogP contribution in [-0.4, -0.2) is 41.8 Å². The van der Waals surface area contributed by atoms with Gasteiger partial charge in [0.15, 0.2) is 0 Å². The van der Waals surface area contributed by atoms with Gasteiger partial charge in [-0.3, -0.25) is 0 Å². The highest BCUT2D eigenvalue weighted by Crippen LogP contribution is 2.43. The Bertz CT molecular complexity index is 229. The summed E-state index contributed by atoms with van der Waals surface area (Å²) < 4.78 is 10.1. The van der Waals surface area contributed by atoms with Crippen LogP contribution in [0.2, 0.25) is 0 Å². The molecule has 2 saturated heterocycles. The average molecular weight is 202 g/mol. The molecular weight excluding hydrogens is 188 g/mol. The van der Waals surface area contributed by atoms with Gasteiger partial charge in [0.05, 0.1) is 12.2 Å². The second-order valence-electron chi connectivity index (χ2n) is 3.88. The Morgan fingerprint density at radius 2 is 2.00 bits per heavy atom. The van der Waals surface area contributed by atoms with E-state index in [1.165, 1.54) is 0 Å². The Hall–Kier alpha value is -0.810. The Kier molecular flexibility index (Phi) is 2.60. The maximum atomic E-state index is 10.2. The van der Waals surface area contributed by atoms with Crippen molar-refractivity contribution in [2.45, 2.75) is 25.0 Å². The van der Waals surface area contributed by atoms with Crippen LogP contribution in [0, 0.1) is 11.8 Å². The van der Waals surface area contributed by atoms with E-state index in [9.17, 15) is 4.79 Å². The van der Waals surface area contributed by atoms with Crippen molar-refractivity contribution in [1.29, 1.82) is 0 Å². The molecule has 80 valence electrons. The fraction of sp³-hybridized carbons (Fsp3) is 0.889. The molecule has 0 radical (unpaired) electrons. The molecule has 0 saturated carbocycles. The second kappa shape index (κ2) is 3.74. The van der Waals surface area contributed by atoms with E-state index in [1.54, 1.807) is 0 Å². The molecule has 0 amide bonds. The highest BCUT2D eigenvalue weighted by Gasteiger charge is 2.48. The first-order chi connectivity index (χ1) is 6.72. The van der Waals surface area contributed by atoms with Gasteiger partial charge in [-0.1, -0.05) is 0 Å². The zero-order valence-electron chi connectivity index (χ0n) is 7.76. The third-order valence-corrected chi connectivity index (χ3v) is 3.20. The minimum Gasteiger partial charge on any atom is -0.450 e. The summed E-state index contributed by atoms with van der Waals surface area (Å²) in [6.45, 7) is 0.191. The van der Waals surface area contributed by atoms with E-state index in [4.69, 9.17) is 14.9 Å². The predicted octanol–water partition coefficient (Wildman–Crippen LogP) is 0.467. The van der Waals surface area contributed by atoms with Crippen molar-refractivity contribution in [2.24, 2.45) is 11.8 Å². The third-order valence-electron chi connectivity index (χ3n) is 3.20. The summed E-state index contributed by atoms with van der Waals surface area (Å²) >= 11 is 0. The van der Waals surface area contributed by atoms with E-state index in [1.807, 2.05) is 0 Å². The van der Waals surface area contributed by atoms with Crippen LogP contribution in [0.25, 0.3) is 0 Å². The molecule has 14 heavy (non-hydrogen) atoms. The summed E-state index contributed by atoms with van der Waals surface area (Å²) in [5.41, 5.74) is 0. The standard InChI is InChI=1S/C9H14O5/c10-3-5-6(4-13-9(11)12)8-2-1-7(5)14-8/h5-8,10H,1-4H2,(H,11,12)/t5-,6+,7-,8+/m1/s1. The summed E-state index contributed by atoms with van der Waals surface area (Å²) in [6.07, 6.45) is 0.849. The smallest absolute Gasteiger partial charge is 0.450 e. The molecule has 0 aromatic rings. The number of ether oxygens (including phenoxy) is 2. The predicted molar refractivity (Wildman–Crippen MR) is 45.9 cm³/mol. The van der Waals surface area contributed by atoms with Crippen LogP contribution in [-0.2, 0) is 9.47 Å². The summed E-state index contributed by atoms with van der Waals surface area (Å²) in [7, 11) is 0. The zero-order valence-corrected chi connectivity index (χ0v) is 7.76. The molecule has 5 nitrogen and oxygen atoms in total. The highest BCUT2D eigenvalue weighted by atomic mass is 16.7. The number of carboxylic acid groups (broad SMARTS) is 1. The average Bonchev–Trinajstić information content (AvgIpc) is 2.72. The van der Waals surface area contributed by atoms with Crippen LogP contribution >= 0.6 is 0 Å². The van der Waals surface area contributed by atoms with Crippen molar-refractivity contribution < 1.29 is 24.5 Å². The molecule has 0 spiro atoms. The van der Waals surface area contributed by atoms with Gasteiger partial charge in [-0.2, -0.15) is 0 Å². The van der Waals surface area contributed by atoms with Crippen LogP contribution in [0.15, 0.2) is 0 Å². The lowest BCUT2D eigenvalue weighted by Crippen LogP contribution is -2.33. The minimum absolute atomic E-state index is 0.0369. The van der Waals surface area contributed by atoms with Crippen molar-refractivity contribution in [3.63, 3.8) is 0 Å². The Morgan fingerprint density at radius 1 is 1.36 bits per heavy atom. The molecular formula is C9H14O5. The summed E-state index contributed by atoms with van der Waals surface area (Å²) in [5, 5.41) is 17.5. The van der Waals surface area contributed by atoms with Crippen LogP contribution in [0.1, 0.15) is 12.8 Å². The van der Waals surface area contributed by atoms with Crippen molar-refractivity contribution >= 4 is 6.16 Å². The molecule has 2 aliphatic heterocycles. The summed E-state index contributed by atoms with van der Waals surface area (Å²) in [6, 6.07) is 0. The number of hydrogen-bond donors (Lipinski definition) is 2. The molecule has 4 atom stereocenters. The molecule has 2 heterocycles. The van der Waals surface area contributed by atoms with Crippen molar-refractivity contribution in [2.75, 3.05) is 13.2 Å². The molecule has 2 fully saturated rings. The quantitative estimate of drug-likeness (QED) is 0.650. The molecule has 2 rings (SSSR count). The van der Waals surface area contributed by atoms with Crippen LogP contribution in [0.3, 0.4) is 0 Å². The van der Waals surface area contributed by atoms with Gasteiger partial charge in [0.1, 0.15) is 6.61 Å². The molecule has 0 aromatic carbocycles. The number of rotatable bonds is 3. The minimum atomic E-state index is -1.26.